The van der Waals surface area contributed by atoms with E-state index in [0.29, 0.717) is 0 Å². The van der Waals surface area contributed by atoms with Gasteiger partial charge < -0.3 is 4.12 Å². The summed E-state index contributed by atoms with van der Waals surface area (Å²) in [6, 6.07) is 2.57. The van der Waals surface area contributed by atoms with Crippen molar-refractivity contribution in [1.29, 1.82) is 0 Å². The average molecular weight is 218 g/mol. The summed E-state index contributed by atoms with van der Waals surface area (Å²) in [7, 11) is -1.60. The van der Waals surface area contributed by atoms with Crippen molar-refractivity contribution in [1.82, 2.24) is 0 Å². The van der Waals surface area contributed by atoms with Crippen LogP contribution in [0.3, 0.4) is 0 Å². The lowest BCUT2D eigenvalue weighted by Crippen LogP contribution is -2.44. The van der Waals surface area contributed by atoms with Gasteiger partial charge in [-0.1, -0.05) is 41.5 Å². The van der Waals surface area contributed by atoms with Gasteiger partial charge in [0.25, 0.3) is 0 Å². The maximum absolute atomic E-state index is 6.33. The zero-order valence-corrected chi connectivity index (χ0v) is 12.6. The molecule has 0 rings (SSSR count). The maximum atomic E-state index is 6.33. The fourth-order valence-electron chi connectivity index (χ4n) is 2.21. The molecule has 0 heterocycles. The monoisotopic (exact) mass is 218 g/mol. The van der Waals surface area contributed by atoms with E-state index >= 15 is 0 Å². The van der Waals surface area contributed by atoms with Crippen LogP contribution in [0, 0.1) is 0 Å². The molecular formula is C10H26OSi2. The SMILES string of the molecule is CC[SiH2]O[Si](CC)(C(C)C)C(C)C. The smallest absolute Gasteiger partial charge is 0.184 e. The molecule has 0 unspecified atom stereocenters. The van der Waals surface area contributed by atoms with Crippen LogP contribution in [0.15, 0.2) is 0 Å². The van der Waals surface area contributed by atoms with Crippen LogP contribution in [0.1, 0.15) is 41.5 Å². The van der Waals surface area contributed by atoms with Crippen molar-refractivity contribution in [2.75, 3.05) is 0 Å². The van der Waals surface area contributed by atoms with Gasteiger partial charge in [0.15, 0.2) is 8.32 Å². The highest BCUT2D eigenvalue weighted by Crippen LogP contribution is 2.36. The fraction of sp³-hybridized carbons (Fsp3) is 1.00. The van der Waals surface area contributed by atoms with Gasteiger partial charge in [0.05, 0.1) is 0 Å². The highest BCUT2D eigenvalue weighted by atomic mass is 28.4. The third-order valence-corrected chi connectivity index (χ3v) is 11.5. The Labute approximate surface area is 87.3 Å². The van der Waals surface area contributed by atoms with Gasteiger partial charge in [0, 0.05) is 0 Å². The van der Waals surface area contributed by atoms with Crippen molar-refractivity contribution in [2.24, 2.45) is 0 Å². The van der Waals surface area contributed by atoms with E-state index in [1.54, 1.807) is 0 Å². The molecule has 0 aliphatic heterocycles. The summed E-state index contributed by atoms with van der Waals surface area (Å²) in [5, 5.41) is 0. The Kier molecular flexibility index (Phi) is 6.17. The fourth-order valence-corrected chi connectivity index (χ4v) is 11.0. The quantitative estimate of drug-likeness (QED) is 0.622. The summed E-state index contributed by atoms with van der Waals surface area (Å²) in [6.45, 7) is 14.0. The van der Waals surface area contributed by atoms with Crippen LogP contribution in [0.2, 0.25) is 23.2 Å². The number of hydrogen-bond donors (Lipinski definition) is 0. The zero-order chi connectivity index (χ0) is 10.5. The minimum atomic E-state index is -1.38. The van der Waals surface area contributed by atoms with Crippen molar-refractivity contribution in [2.45, 2.75) is 64.7 Å². The van der Waals surface area contributed by atoms with Crippen LogP contribution in [-0.2, 0) is 4.12 Å². The van der Waals surface area contributed by atoms with Crippen LogP contribution < -0.4 is 0 Å². The molecule has 0 saturated heterocycles. The normalized spacial score (nSPS) is 13.8. The van der Waals surface area contributed by atoms with E-state index in [-0.39, 0.29) is 9.76 Å². The first kappa shape index (κ1) is 13.4. The molecule has 1 nitrogen and oxygen atoms in total. The Hall–Kier alpha value is 0.394. The Morgan fingerprint density at radius 1 is 1.08 bits per heavy atom. The minimum Gasteiger partial charge on any atom is -0.460 e. The Morgan fingerprint density at radius 2 is 1.54 bits per heavy atom. The summed E-state index contributed by atoms with van der Waals surface area (Å²) in [6.07, 6.45) is 0. The standard InChI is InChI=1S/C10H26OSi2/c1-7-12-11-13(8-2,9(3)4)10(5)6/h9-10H,7-8,12H2,1-6H3. The minimum absolute atomic E-state index is 0.217. The van der Waals surface area contributed by atoms with Gasteiger partial charge in [0.1, 0.15) is 9.76 Å². The third kappa shape index (κ3) is 3.22. The molecule has 80 valence electrons. The Balaban J connectivity index is 4.45. The maximum Gasteiger partial charge on any atom is 0.184 e. The summed E-state index contributed by atoms with van der Waals surface area (Å²) < 4.78 is 6.33. The second-order valence-corrected chi connectivity index (χ2v) is 12.0. The molecular weight excluding hydrogens is 192 g/mol. The first-order chi connectivity index (χ1) is 6.01. The van der Waals surface area contributed by atoms with E-state index in [0.717, 1.165) is 11.1 Å². The molecule has 0 atom stereocenters. The average Bonchev–Trinajstić information content (AvgIpc) is 2.05. The summed E-state index contributed by atoms with van der Waals surface area (Å²) in [4.78, 5) is 0. The van der Waals surface area contributed by atoms with Gasteiger partial charge >= 0.3 is 0 Å². The van der Waals surface area contributed by atoms with Crippen LogP contribution in [-0.4, -0.2) is 18.1 Å². The first-order valence-corrected chi connectivity index (χ1v) is 9.49. The molecule has 3 heteroatoms. The highest BCUT2D eigenvalue weighted by molar-refractivity contribution is 6.79. The second kappa shape index (κ2) is 5.99. The van der Waals surface area contributed by atoms with Crippen molar-refractivity contribution >= 4 is 18.1 Å². The van der Waals surface area contributed by atoms with E-state index in [4.69, 9.17) is 4.12 Å². The van der Waals surface area contributed by atoms with Crippen molar-refractivity contribution in [3.63, 3.8) is 0 Å². The summed E-state index contributed by atoms with van der Waals surface area (Å²) in [5.41, 5.74) is 1.55. The molecule has 0 bridgehead atoms. The molecule has 0 N–H and O–H groups in total. The van der Waals surface area contributed by atoms with Gasteiger partial charge in [-0.15, -0.1) is 0 Å². The van der Waals surface area contributed by atoms with E-state index in [1.165, 1.54) is 12.1 Å². The van der Waals surface area contributed by atoms with Crippen LogP contribution in [0.5, 0.6) is 0 Å². The molecule has 0 aliphatic carbocycles. The van der Waals surface area contributed by atoms with E-state index in [2.05, 4.69) is 41.5 Å². The largest absolute Gasteiger partial charge is 0.460 e. The van der Waals surface area contributed by atoms with E-state index in [1.807, 2.05) is 0 Å². The van der Waals surface area contributed by atoms with Gasteiger partial charge in [-0.2, -0.15) is 0 Å². The predicted molar refractivity (Wildman–Crippen MR) is 66.5 cm³/mol. The third-order valence-electron chi connectivity index (χ3n) is 3.08. The van der Waals surface area contributed by atoms with Gasteiger partial charge in [-0.3, -0.25) is 0 Å². The van der Waals surface area contributed by atoms with Crippen molar-refractivity contribution in [3.05, 3.63) is 0 Å². The Morgan fingerprint density at radius 3 is 1.77 bits per heavy atom. The molecule has 0 aliphatic rings. The van der Waals surface area contributed by atoms with E-state index < -0.39 is 8.32 Å². The van der Waals surface area contributed by atoms with Crippen molar-refractivity contribution < 1.29 is 4.12 Å². The number of hydrogen-bond acceptors (Lipinski definition) is 1. The van der Waals surface area contributed by atoms with Gasteiger partial charge in [0.2, 0.25) is 0 Å². The molecule has 13 heavy (non-hydrogen) atoms. The van der Waals surface area contributed by atoms with Crippen LogP contribution in [0.25, 0.3) is 0 Å². The molecule has 0 saturated carbocycles. The van der Waals surface area contributed by atoms with E-state index in [9.17, 15) is 0 Å². The summed E-state index contributed by atoms with van der Waals surface area (Å²) >= 11 is 0. The van der Waals surface area contributed by atoms with Crippen LogP contribution >= 0.6 is 0 Å². The van der Waals surface area contributed by atoms with Crippen molar-refractivity contribution in [3.8, 4) is 0 Å². The topological polar surface area (TPSA) is 9.23 Å². The molecule has 0 spiro atoms. The first-order valence-electron chi connectivity index (χ1n) is 5.65. The molecule has 0 aromatic heterocycles. The molecule has 0 aromatic carbocycles. The highest BCUT2D eigenvalue weighted by Gasteiger charge is 2.39. The molecule has 0 amide bonds. The lowest BCUT2D eigenvalue weighted by molar-refractivity contribution is 0.525. The van der Waals surface area contributed by atoms with Crippen LogP contribution in [0.4, 0.5) is 0 Å². The Bertz CT molecular complexity index is 127. The summed E-state index contributed by atoms with van der Waals surface area (Å²) in [5.74, 6) is 0. The molecule has 0 fully saturated rings. The number of rotatable bonds is 6. The lowest BCUT2D eigenvalue weighted by atomic mass is 10.5. The molecule has 0 radical (unpaired) electrons. The predicted octanol–water partition coefficient (Wildman–Crippen LogP) is 3.31. The zero-order valence-electron chi connectivity index (χ0n) is 10.2. The van der Waals surface area contributed by atoms with Gasteiger partial charge in [-0.25, -0.2) is 0 Å². The lowest BCUT2D eigenvalue weighted by Gasteiger charge is -2.38. The molecule has 0 aromatic rings. The second-order valence-electron chi connectivity index (χ2n) is 4.47. The van der Waals surface area contributed by atoms with Gasteiger partial charge in [-0.05, 0) is 23.2 Å².